The van der Waals surface area contributed by atoms with Crippen molar-refractivity contribution in [3.8, 4) is 0 Å². The molecule has 2 aromatic rings. The van der Waals surface area contributed by atoms with Crippen LogP contribution < -0.4 is 0 Å². The predicted molar refractivity (Wildman–Crippen MR) is 73.6 cm³/mol. The Bertz CT molecular complexity index is 657. The topological polar surface area (TPSA) is 33.1 Å². The molecule has 0 radical (unpaired) electrons. The lowest BCUT2D eigenvalue weighted by atomic mass is 9.92. The molecule has 2 aliphatic rings. The third kappa shape index (κ3) is 1.77. The summed E-state index contributed by atoms with van der Waals surface area (Å²) in [5, 5.41) is 10.5. The van der Waals surface area contributed by atoms with Gasteiger partial charge >= 0.3 is 0 Å². The lowest BCUT2D eigenvalue weighted by Crippen LogP contribution is -2.03. The summed E-state index contributed by atoms with van der Waals surface area (Å²) in [6.45, 7) is 0. The van der Waals surface area contributed by atoms with E-state index in [4.69, 9.17) is 0 Å². The zero-order valence-corrected chi connectivity index (χ0v) is 11.0. The van der Waals surface area contributed by atoms with Gasteiger partial charge in [0.25, 0.3) is 0 Å². The minimum atomic E-state index is -0.612. The largest absolute Gasteiger partial charge is 0.388 e. The van der Waals surface area contributed by atoms with Crippen molar-refractivity contribution in [2.24, 2.45) is 11.8 Å². The monoisotopic (exact) mass is 269 g/mol. The first-order valence-electron chi connectivity index (χ1n) is 7.12. The Hall–Kier alpha value is -1.74. The van der Waals surface area contributed by atoms with E-state index in [-0.39, 0.29) is 11.7 Å². The van der Waals surface area contributed by atoms with Crippen molar-refractivity contribution < 1.29 is 9.50 Å². The number of aryl methyl sites for hydroxylation is 1. The number of aromatic nitrogens is 1. The van der Waals surface area contributed by atoms with Crippen LogP contribution in [0.2, 0.25) is 0 Å². The molecule has 4 atom stereocenters. The van der Waals surface area contributed by atoms with Crippen molar-refractivity contribution in [3.63, 3.8) is 0 Å². The van der Waals surface area contributed by atoms with Crippen molar-refractivity contribution in [1.29, 1.82) is 0 Å². The molecule has 1 N–H and O–H groups in total. The SMILES string of the molecule is OC(c1cncc(F)c1)C1C2CCc3ccccc3C21. The van der Waals surface area contributed by atoms with Crippen LogP contribution in [-0.4, -0.2) is 10.1 Å². The van der Waals surface area contributed by atoms with E-state index in [1.165, 1.54) is 23.4 Å². The highest BCUT2D eigenvalue weighted by molar-refractivity contribution is 5.40. The van der Waals surface area contributed by atoms with Crippen molar-refractivity contribution in [3.05, 3.63) is 65.2 Å². The van der Waals surface area contributed by atoms with Gasteiger partial charge in [-0.25, -0.2) is 4.39 Å². The first-order valence-corrected chi connectivity index (χ1v) is 7.12. The van der Waals surface area contributed by atoms with Crippen LogP contribution in [0.5, 0.6) is 0 Å². The minimum absolute atomic E-state index is 0.210. The number of aliphatic hydroxyl groups is 1. The molecule has 4 rings (SSSR count). The van der Waals surface area contributed by atoms with Gasteiger partial charge in [-0.15, -0.1) is 0 Å². The van der Waals surface area contributed by atoms with Crippen LogP contribution in [0.1, 0.15) is 35.1 Å². The standard InChI is InChI=1S/C17H16FNO/c18-12-7-11(8-19-9-12)17(20)16-14-6-5-10-3-1-2-4-13(10)15(14)16/h1-4,7-9,14-17,20H,5-6H2. The third-order valence-electron chi connectivity index (χ3n) is 4.82. The van der Waals surface area contributed by atoms with Crippen molar-refractivity contribution >= 4 is 0 Å². The number of benzene rings is 1. The molecule has 0 spiro atoms. The highest BCUT2D eigenvalue weighted by Crippen LogP contribution is 2.64. The van der Waals surface area contributed by atoms with Crippen LogP contribution in [0, 0.1) is 17.7 Å². The van der Waals surface area contributed by atoms with Crippen LogP contribution in [0.4, 0.5) is 4.39 Å². The Labute approximate surface area is 117 Å². The Balaban J connectivity index is 1.64. The summed E-state index contributed by atoms with van der Waals surface area (Å²) in [4.78, 5) is 3.84. The molecule has 20 heavy (non-hydrogen) atoms. The number of halogens is 1. The molecule has 4 unspecified atom stereocenters. The van der Waals surface area contributed by atoms with Gasteiger partial charge in [-0.1, -0.05) is 24.3 Å². The molecule has 0 aliphatic heterocycles. The van der Waals surface area contributed by atoms with Crippen LogP contribution in [0.3, 0.4) is 0 Å². The summed E-state index contributed by atoms with van der Waals surface area (Å²) in [6.07, 6.45) is 4.34. The van der Waals surface area contributed by atoms with Gasteiger partial charge in [-0.2, -0.15) is 0 Å². The lowest BCUT2D eigenvalue weighted by molar-refractivity contribution is 0.144. The van der Waals surface area contributed by atoms with E-state index in [2.05, 4.69) is 29.2 Å². The highest BCUT2D eigenvalue weighted by atomic mass is 19.1. The quantitative estimate of drug-likeness (QED) is 0.908. The number of pyridine rings is 1. The number of aliphatic hydroxyl groups excluding tert-OH is 1. The van der Waals surface area contributed by atoms with Crippen LogP contribution in [0.15, 0.2) is 42.7 Å². The summed E-state index contributed by atoms with van der Waals surface area (Å²) >= 11 is 0. The average molecular weight is 269 g/mol. The summed E-state index contributed by atoms with van der Waals surface area (Å²) in [7, 11) is 0. The summed E-state index contributed by atoms with van der Waals surface area (Å²) in [6, 6.07) is 9.88. The summed E-state index contributed by atoms with van der Waals surface area (Å²) in [5.41, 5.74) is 3.37. The fourth-order valence-corrected chi connectivity index (χ4v) is 3.86. The van der Waals surface area contributed by atoms with E-state index < -0.39 is 6.10 Å². The second-order valence-corrected chi connectivity index (χ2v) is 5.89. The van der Waals surface area contributed by atoms with Gasteiger partial charge in [0.15, 0.2) is 0 Å². The molecule has 1 heterocycles. The van der Waals surface area contributed by atoms with E-state index in [0.717, 1.165) is 12.8 Å². The van der Waals surface area contributed by atoms with Gasteiger partial charge in [-0.05, 0) is 47.8 Å². The molecular weight excluding hydrogens is 253 g/mol. The van der Waals surface area contributed by atoms with Gasteiger partial charge in [0.1, 0.15) is 5.82 Å². The van der Waals surface area contributed by atoms with Gasteiger partial charge in [0.05, 0.1) is 12.3 Å². The Morgan fingerprint density at radius 3 is 2.95 bits per heavy atom. The highest BCUT2D eigenvalue weighted by Gasteiger charge is 2.56. The maximum Gasteiger partial charge on any atom is 0.141 e. The fraction of sp³-hybridized carbons (Fsp3) is 0.353. The number of nitrogens with zero attached hydrogens (tertiary/aromatic N) is 1. The molecular formula is C17H16FNO. The summed E-state index contributed by atoms with van der Waals surface area (Å²) in [5.74, 6) is 0.786. The maximum absolute atomic E-state index is 13.2. The molecule has 0 amide bonds. The molecule has 0 saturated heterocycles. The molecule has 1 fully saturated rings. The average Bonchev–Trinajstić information content (AvgIpc) is 3.21. The minimum Gasteiger partial charge on any atom is -0.388 e. The van der Waals surface area contributed by atoms with Crippen LogP contribution in [-0.2, 0) is 6.42 Å². The van der Waals surface area contributed by atoms with Gasteiger partial charge in [0.2, 0.25) is 0 Å². The molecule has 3 heteroatoms. The zero-order valence-electron chi connectivity index (χ0n) is 11.0. The van der Waals surface area contributed by atoms with E-state index in [0.29, 0.717) is 17.4 Å². The smallest absolute Gasteiger partial charge is 0.141 e. The number of hydrogen-bond donors (Lipinski definition) is 1. The number of hydrogen-bond acceptors (Lipinski definition) is 2. The molecule has 2 aliphatic carbocycles. The predicted octanol–water partition coefficient (Wildman–Crippen LogP) is 3.23. The maximum atomic E-state index is 13.2. The normalized spacial score (nSPS) is 28.4. The molecule has 102 valence electrons. The second kappa shape index (κ2) is 4.38. The third-order valence-corrected chi connectivity index (χ3v) is 4.82. The molecule has 1 saturated carbocycles. The zero-order chi connectivity index (χ0) is 13.7. The number of rotatable bonds is 2. The lowest BCUT2D eigenvalue weighted by Gasteiger charge is -2.13. The molecule has 1 aromatic heterocycles. The van der Waals surface area contributed by atoms with Crippen LogP contribution in [0.25, 0.3) is 0 Å². The molecule has 2 nitrogen and oxygen atoms in total. The Morgan fingerprint density at radius 2 is 2.10 bits per heavy atom. The van der Waals surface area contributed by atoms with Crippen molar-refractivity contribution in [1.82, 2.24) is 4.98 Å². The first-order chi connectivity index (χ1) is 9.75. The van der Waals surface area contributed by atoms with E-state index in [9.17, 15) is 9.50 Å². The van der Waals surface area contributed by atoms with Crippen molar-refractivity contribution in [2.75, 3.05) is 0 Å². The van der Waals surface area contributed by atoms with Crippen molar-refractivity contribution in [2.45, 2.75) is 24.9 Å². The summed E-state index contributed by atoms with van der Waals surface area (Å²) < 4.78 is 13.2. The van der Waals surface area contributed by atoms with E-state index in [1.54, 1.807) is 6.20 Å². The molecule has 0 bridgehead atoms. The number of fused-ring (bicyclic) bond motifs is 3. The Kier molecular flexibility index (Phi) is 2.64. The van der Waals surface area contributed by atoms with E-state index in [1.807, 2.05) is 0 Å². The molecule has 1 aromatic carbocycles. The fourth-order valence-electron chi connectivity index (χ4n) is 3.86. The van der Waals surface area contributed by atoms with E-state index >= 15 is 0 Å². The van der Waals surface area contributed by atoms with Crippen LogP contribution >= 0.6 is 0 Å². The van der Waals surface area contributed by atoms with Gasteiger partial charge in [0, 0.05) is 11.8 Å². The van der Waals surface area contributed by atoms with Gasteiger partial charge < -0.3 is 5.11 Å². The second-order valence-electron chi connectivity index (χ2n) is 5.89. The first kappa shape index (κ1) is 12.0. The van der Waals surface area contributed by atoms with Gasteiger partial charge in [-0.3, -0.25) is 4.98 Å². The Morgan fingerprint density at radius 1 is 1.25 bits per heavy atom.